The van der Waals surface area contributed by atoms with E-state index in [2.05, 4.69) is 0 Å². The summed E-state index contributed by atoms with van der Waals surface area (Å²) in [7, 11) is 0. The maximum atomic E-state index is 11.8. The van der Waals surface area contributed by atoms with Gasteiger partial charge in [0.05, 0.1) is 0 Å². The minimum absolute atomic E-state index is 0.0182. The molecule has 3 aromatic rings. The molecule has 0 aliphatic heterocycles. The molecule has 0 spiro atoms. The van der Waals surface area contributed by atoms with Crippen LogP contribution in [0.15, 0.2) is 48.5 Å². The molecule has 0 saturated heterocycles. The van der Waals surface area contributed by atoms with Crippen LogP contribution in [0, 0.1) is 6.92 Å². The van der Waals surface area contributed by atoms with Crippen molar-refractivity contribution in [1.29, 1.82) is 0 Å². The van der Waals surface area contributed by atoms with Gasteiger partial charge in [-0.1, -0.05) is 63.2 Å². The molecule has 0 unspecified atom stereocenters. The highest BCUT2D eigenvalue weighted by Gasteiger charge is 2.27. The van der Waals surface area contributed by atoms with Gasteiger partial charge in [0.15, 0.2) is 0 Å². The lowest BCUT2D eigenvalue weighted by atomic mass is 9.81. The number of phenols is 1. The number of fused-ring (bicyclic) bond motifs is 1. The standard InChI is InChI=1S/C22H22O3/c1-13-17(16-11-7-9-14-8-5-6-10-15(14)16)12-18(22(2,3)4)20(23)19(13)21(24)25/h5-12,23H,1-4H3,(H,24,25). The minimum Gasteiger partial charge on any atom is -0.507 e. The number of benzene rings is 3. The monoisotopic (exact) mass is 334 g/mol. The first kappa shape index (κ1) is 17.0. The van der Waals surface area contributed by atoms with Crippen molar-refractivity contribution in [3.05, 3.63) is 65.2 Å². The molecular formula is C22H22O3. The third-order valence-electron chi connectivity index (χ3n) is 4.66. The molecule has 0 heterocycles. The van der Waals surface area contributed by atoms with Crippen molar-refractivity contribution in [3.8, 4) is 16.9 Å². The summed E-state index contributed by atoms with van der Waals surface area (Å²) in [5, 5.41) is 22.4. The average molecular weight is 334 g/mol. The van der Waals surface area contributed by atoms with Crippen molar-refractivity contribution >= 4 is 16.7 Å². The van der Waals surface area contributed by atoms with Crippen LogP contribution in [0.4, 0.5) is 0 Å². The summed E-state index contributed by atoms with van der Waals surface area (Å²) in [6, 6.07) is 16.0. The fourth-order valence-electron chi connectivity index (χ4n) is 3.34. The number of rotatable bonds is 2. The fraction of sp³-hybridized carbons (Fsp3) is 0.227. The lowest BCUT2D eigenvalue weighted by Crippen LogP contribution is -2.15. The highest BCUT2D eigenvalue weighted by atomic mass is 16.4. The summed E-state index contributed by atoms with van der Waals surface area (Å²) in [5.41, 5.74) is 2.64. The summed E-state index contributed by atoms with van der Waals surface area (Å²) in [4.78, 5) is 11.8. The van der Waals surface area contributed by atoms with Gasteiger partial charge in [0.1, 0.15) is 11.3 Å². The van der Waals surface area contributed by atoms with Crippen LogP contribution in [0.1, 0.15) is 42.3 Å². The van der Waals surface area contributed by atoms with E-state index in [1.54, 1.807) is 6.92 Å². The fourth-order valence-corrected chi connectivity index (χ4v) is 3.34. The van der Waals surface area contributed by atoms with Crippen LogP contribution in [-0.2, 0) is 5.41 Å². The quantitative estimate of drug-likeness (QED) is 0.649. The first-order valence-corrected chi connectivity index (χ1v) is 8.30. The molecule has 0 bridgehead atoms. The molecular weight excluding hydrogens is 312 g/mol. The van der Waals surface area contributed by atoms with Crippen LogP contribution in [0.3, 0.4) is 0 Å². The van der Waals surface area contributed by atoms with E-state index in [4.69, 9.17) is 0 Å². The van der Waals surface area contributed by atoms with Crippen molar-refractivity contribution in [2.75, 3.05) is 0 Å². The summed E-state index contributed by atoms with van der Waals surface area (Å²) < 4.78 is 0. The van der Waals surface area contributed by atoms with Gasteiger partial charge in [-0.2, -0.15) is 0 Å². The van der Waals surface area contributed by atoms with Crippen LogP contribution in [0.25, 0.3) is 21.9 Å². The molecule has 128 valence electrons. The predicted octanol–water partition coefficient (Wildman–Crippen LogP) is 5.52. The maximum absolute atomic E-state index is 11.8. The Labute approximate surface area is 147 Å². The highest BCUT2D eigenvalue weighted by Crippen LogP contribution is 2.41. The van der Waals surface area contributed by atoms with Crippen LogP contribution >= 0.6 is 0 Å². The summed E-state index contributed by atoms with van der Waals surface area (Å²) >= 11 is 0. The molecule has 3 nitrogen and oxygen atoms in total. The third kappa shape index (κ3) is 2.86. The van der Waals surface area contributed by atoms with E-state index in [-0.39, 0.29) is 16.7 Å². The Hall–Kier alpha value is -2.81. The molecule has 2 N–H and O–H groups in total. The largest absolute Gasteiger partial charge is 0.507 e. The molecule has 25 heavy (non-hydrogen) atoms. The number of carboxylic acid groups (broad SMARTS) is 1. The second kappa shape index (κ2) is 5.92. The average Bonchev–Trinajstić information content (AvgIpc) is 2.53. The lowest BCUT2D eigenvalue weighted by molar-refractivity contribution is 0.0692. The summed E-state index contributed by atoms with van der Waals surface area (Å²) in [6.07, 6.45) is 0. The maximum Gasteiger partial charge on any atom is 0.339 e. The zero-order chi connectivity index (χ0) is 18.4. The number of carbonyl (C=O) groups is 1. The predicted molar refractivity (Wildman–Crippen MR) is 101 cm³/mol. The topological polar surface area (TPSA) is 57.5 Å². The molecule has 0 aromatic heterocycles. The number of hydrogen-bond acceptors (Lipinski definition) is 2. The van der Waals surface area contributed by atoms with Crippen molar-refractivity contribution in [3.63, 3.8) is 0 Å². The van der Waals surface area contributed by atoms with Crippen LogP contribution in [-0.4, -0.2) is 16.2 Å². The van der Waals surface area contributed by atoms with Gasteiger partial charge in [-0.3, -0.25) is 0 Å². The Morgan fingerprint density at radius 2 is 1.60 bits per heavy atom. The van der Waals surface area contributed by atoms with Gasteiger partial charge in [0, 0.05) is 5.56 Å². The second-order valence-corrected chi connectivity index (χ2v) is 7.40. The molecule has 0 amide bonds. The molecule has 3 rings (SSSR count). The van der Waals surface area contributed by atoms with Crippen molar-refractivity contribution in [1.82, 2.24) is 0 Å². The normalized spacial score (nSPS) is 11.7. The molecule has 3 heteroatoms. The third-order valence-corrected chi connectivity index (χ3v) is 4.66. The lowest BCUT2D eigenvalue weighted by Gasteiger charge is -2.24. The van der Waals surface area contributed by atoms with Crippen molar-refractivity contribution in [2.45, 2.75) is 33.1 Å². The number of aromatic carboxylic acids is 1. The van der Waals surface area contributed by atoms with Gasteiger partial charge in [-0.25, -0.2) is 4.79 Å². The first-order chi connectivity index (χ1) is 11.7. The molecule has 0 aliphatic carbocycles. The molecule has 0 atom stereocenters. The highest BCUT2D eigenvalue weighted by molar-refractivity contribution is 6.01. The smallest absolute Gasteiger partial charge is 0.339 e. The van der Waals surface area contributed by atoms with Gasteiger partial charge >= 0.3 is 5.97 Å². The van der Waals surface area contributed by atoms with E-state index in [1.165, 1.54) is 0 Å². The molecule has 0 aliphatic rings. The number of aromatic hydroxyl groups is 1. The molecule has 3 aromatic carbocycles. The zero-order valence-electron chi connectivity index (χ0n) is 14.9. The van der Waals surface area contributed by atoms with Gasteiger partial charge in [0.2, 0.25) is 0 Å². The Morgan fingerprint density at radius 1 is 0.960 bits per heavy atom. The van der Waals surface area contributed by atoms with E-state index >= 15 is 0 Å². The van der Waals surface area contributed by atoms with Gasteiger partial charge < -0.3 is 10.2 Å². The van der Waals surface area contributed by atoms with E-state index in [9.17, 15) is 15.0 Å². The number of carboxylic acids is 1. The van der Waals surface area contributed by atoms with Crippen molar-refractivity contribution < 1.29 is 15.0 Å². The van der Waals surface area contributed by atoms with E-state index in [0.29, 0.717) is 11.1 Å². The number of hydrogen-bond donors (Lipinski definition) is 2. The summed E-state index contributed by atoms with van der Waals surface area (Å²) in [5.74, 6) is -1.25. The zero-order valence-corrected chi connectivity index (χ0v) is 14.9. The molecule has 0 radical (unpaired) electrons. The van der Waals surface area contributed by atoms with Crippen LogP contribution in [0.5, 0.6) is 5.75 Å². The Balaban J connectivity index is 2.44. The summed E-state index contributed by atoms with van der Waals surface area (Å²) in [6.45, 7) is 7.66. The van der Waals surface area contributed by atoms with E-state index in [1.807, 2.05) is 69.3 Å². The van der Waals surface area contributed by atoms with Crippen molar-refractivity contribution in [2.24, 2.45) is 0 Å². The Kier molecular flexibility index (Phi) is 4.03. The van der Waals surface area contributed by atoms with Crippen LogP contribution < -0.4 is 0 Å². The van der Waals surface area contributed by atoms with E-state index in [0.717, 1.165) is 21.9 Å². The van der Waals surface area contributed by atoms with Gasteiger partial charge in [-0.15, -0.1) is 0 Å². The first-order valence-electron chi connectivity index (χ1n) is 8.30. The van der Waals surface area contributed by atoms with E-state index < -0.39 is 5.97 Å². The Morgan fingerprint density at radius 3 is 2.24 bits per heavy atom. The minimum atomic E-state index is -1.11. The SMILES string of the molecule is Cc1c(-c2cccc3ccccc23)cc(C(C)(C)C)c(O)c1C(=O)O. The molecule has 0 fully saturated rings. The van der Waals surface area contributed by atoms with Gasteiger partial charge in [-0.05, 0) is 45.9 Å². The Bertz CT molecular complexity index is 973. The molecule has 0 saturated carbocycles. The van der Waals surface area contributed by atoms with Gasteiger partial charge in [0.25, 0.3) is 0 Å². The van der Waals surface area contributed by atoms with Crippen LogP contribution in [0.2, 0.25) is 0 Å². The second-order valence-electron chi connectivity index (χ2n) is 7.40.